The van der Waals surface area contributed by atoms with Gasteiger partial charge in [0.15, 0.2) is 0 Å². The van der Waals surface area contributed by atoms with Gasteiger partial charge in [-0.05, 0) is 6.42 Å². The number of hydrogen-bond acceptors (Lipinski definition) is 3. The Balaban J connectivity index is 3.35. The van der Waals surface area contributed by atoms with Crippen LogP contribution in [-0.2, 0) is 9.53 Å². The van der Waals surface area contributed by atoms with Crippen molar-refractivity contribution in [3.8, 4) is 0 Å². The van der Waals surface area contributed by atoms with Crippen LogP contribution in [0.2, 0.25) is 0 Å². The van der Waals surface area contributed by atoms with E-state index >= 15 is 0 Å². The monoisotopic (exact) mass is 145 g/mol. The third-order valence-corrected chi connectivity index (χ3v) is 0.715. The van der Waals surface area contributed by atoms with Gasteiger partial charge in [-0.1, -0.05) is 6.92 Å². The predicted molar refractivity (Wildman–Crippen MR) is 35.5 cm³/mol. The number of ether oxygens (including phenoxy) is 1. The summed E-state index contributed by atoms with van der Waals surface area (Å²) in [5.41, 5.74) is 0. The molecule has 0 aliphatic rings. The molecule has 58 valence electrons. The molecular formula is C6H11NO3. The first kappa shape index (κ1) is 8.94. The van der Waals surface area contributed by atoms with Crippen molar-refractivity contribution in [1.29, 1.82) is 0 Å². The van der Waals surface area contributed by atoms with E-state index in [1.807, 2.05) is 12.2 Å². The van der Waals surface area contributed by atoms with Crippen LogP contribution < -0.4 is 5.32 Å². The van der Waals surface area contributed by atoms with Crippen LogP contribution in [-0.4, -0.2) is 18.6 Å². The summed E-state index contributed by atoms with van der Waals surface area (Å²) in [6.45, 7) is 3.48. The third-order valence-electron chi connectivity index (χ3n) is 0.715. The predicted octanol–water partition coefficient (Wildman–Crippen LogP) is 0.669. The Labute approximate surface area is 59.6 Å². The highest BCUT2D eigenvalue weighted by Crippen LogP contribution is 1.80. The van der Waals surface area contributed by atoms with Crippen LogP contribution in [0.25, 0.3) is 0 Å². The van der Waals surface area contributed by atoms with Crippen LogP contribution in [0.15, 0.2) is 0 Å². The fraction of sp³-hybridized carbons (Fsp3) is 0.667. The maximum absolute atomic E-state index is 10.5. The summed E-state index contributed by atoms with van der Waals surface area (Å²) in [6, 6.07) is 0. The number of amides is 2. The molecule has 0 aromatic carbocycles. The molecule has 0 spiro atoms. The molecule has 1 N–H and O–H groups in total. The Morgan fingerprint density at radius 2 is 2.10 bits per heavy atom. The average molecular weight is 145 g/mol. The SMILES string of the molecule is CCCOC(=O)NC(C)=O. The van der Waals surface area contributed by atoms with E-state index in [-0.39, 0.29) is 0 Å². The maximum atomic E-state index is 10.5. The van der Waals surface area contributed by atoms with Crippen molar-refractivity contribution in [2.45, 2.75) is 20.3 Å². The third kappa shape index (κ3) is 5.08. The van der Waals surface area contributed by atoms with Gasteiger partial charge in [0, 0.05) is 6.92 Å². The van der Waals surface area contributed by atoms with Gasteiger partial charge in [0.25, 0.3) is 0 Å². The maximum Gasteiger partial charge on any atom is 0.413 e. The van der Waals surface area contributed by atoms with E-state index in [2.05, 4.69) is 4.74 Å². The fourth-order valence-electron chi connectivity index (χ4n) is 0.375. The minimum Gasteiger partial charge on any atom is -0.449 e. The molecule has 0 bridgehead atoms. The van der Waals surface area contributed by atoms with Gasteiger partial charge in [0.1, 0.15) is 0 Å². The summed E-state index contributed by atoms with van der Waals surface area (Å²) in [6.07, 6.45) is 0.0834. The number of imide groups is 1. The Morgan fingerprint density at radius 3 is 2.50 bits per heavy atom. The van der Waals surface area contributed by atoms with Crippen molar-refractivity contribution in [3.63, 3.8) is 0 Å². The lowest BCUT2D eigenvalue weighted by Gasteiger charge is -2.00. The summed E-state index contributed by atoms with van der Waals surface area (Å²) >= 11 is 0. The number of nitrogens with one attached hydrogen (secondary N) is 1. The number of hydrogen-bond donors (Lipinski definition) is 1. The summed E-state index contributed by atoms with van der Waals surface area (Å²) in [7, 11) is 0. The Bertz CT molecular complexity index is 133. The second-order valence-corrected chi connectivity index (χ2v) is 1.82. The lowest BCUT2D eigenvalue weighted by molar-refractivity contribution is -0.118. The van der Waals surface area contributed by atoms with Gasteiger partial charge in [-0.25, -0.2) is 4.79 Å². The Hall–Kier alpha value is -1.06. The van der Waals surface area contributed by atoms with Gasteiger partial charge >= 0.3 is 6.09 Å². The van der Waals surface area contributed by atoms with Gasteiger partial charge in [-0.3, -0.25) is 10.1 Å². The zero-order valence-corrected chi connectivity index (χ0v) is 6.14. The summed E-state index contributed by atoms with van der Waals surface area (Å²) < 4.78 is 4.53. The van der Waals surface area contributed by atoms with Crippen molar-refractivity contribution in [2.24, 2.45) is 0 Å². The van der Waals surface area contributed by atoms with Crippen molar-refractivity contribution >= 4 is 12.0 Å². The number of carbonyl (C=O) groups excluding carboxylic acids is 2. The van der Waals surface area contributed by atoms with E-state index in [1.165, 1.54) is 6.92 Å². The molecule has 0 aromatic rings. The van der Waals surface area contributed by atoms with E-state index in [4.69, 9.17) is 0 Å². The van der Waals surface area contributed by atoms with E-state index in [1.54, 1.807) is 0 Å². The van der Waals surface area contributed by atoms with Crippen LogP contribution in [0.1, 0.15) is 20.3 Å². The highest BCUT2D eigenvalue weighted by atomic mass is 16.5. The molecule has 4 nitrogen and oxygen atoms in total. The molecule has 4 heteroatoms. The molecule has 0 radical (unpaired) electrons. The molecular weight excluding hydrogens is 134 g/mol. The van der Waals surface area contributed by atoms with Gasteiger partial charge < -0.3 is 4.74 Å². The second-order valence-electron chi connectivity index (χ2n) is 1.82. The second kappa shape index (κ2) is 4.78. The van der Waals surface area contributed by atoms with E-state index in [0.717, 1.165) is 6.42 Å². The number of alkyl carbamates (subject to hydrolysis) is 1. The highest BCUT2D eigenvalue weighted by molar-refractivity contribution is 5.90. The first-order chi connectivity index (χ1) is 4.66. The largest absolute Gasteiger partial charge is 0.449 e. The van der Waals surface area contributed by atoms with Crippen molar-refractivity contribution in [2.75, 3.05) is 6.61 Å². The van der Waals surface area contributed by atoms with Crippen LogP contribution >= 0.6 is 0 Å². The lowest BCUT2D eigenvalue weighted by atomic mass is 10.5. The molecule has 0 unspecified atom stereocenters. The van der Waals surface area contributed by atoms with Crippen LogP contribution in [0.5, 0.6) is 0 Å². The molecule has 0 aliphatic heterocycles. The first-order valence-electron chi connectivity index (χ1n) is 3.11. The van der Waals surface area contributed by atoms with E-state index in [9.17, 15) is 9.59 Å². The molecule has 2 amide bonds. The van der Waals surface area contributed by atoms with Gasteiger partial charge in [-0.2, -0.15) is 0 Å². The van der Waals surface area contributed by atoms with Crippen LogP contribution in [0.4, 0.5) is 4.79 Å². The van der Waals surface area contributed by atoms with Crippen LogP contribution in [0, 0.1) is 0 Å². The lowest BCUT2D eigenvalue weighted by Crippen LogP contribution is -2.28. The fourth-order valence-corrected chi connectivity index (χ4v) is 0.375. The standard InChI is InChI=1S/C6H11NO3/c1-3-4-10-6(9)7-5(2)8/h3-4H2,1-2H3,(H,7,8,9). The zero-order chi connectivity index (χ0) is 7.98. The van der Waals surface area contributed by atoms with E-state index < -0.39 is 12.0 Å². The average Bonchev–Trinajstić information content (AvgIpc) is 1.82. The summed E-state index contributed by atoms with van der Waals surface area (Å²) in [5, 5.41) is 1.98. The van der Waals surface area contributed by atoms with Crippen molar-refractivity contribution in [1.82, 2.24) is 5.32 Å². The number of rotatable bonds is 2. The topological polar surface area (TPSA) is 55.4 Å². The molecule has 0 fully saturated rings. The van der Waals surface area contributed by atoms with Crippen molar-refractivity contribution < 1.29 is 14.3 Å². The molecule has 0 heterocycles. The molecule has 0 saturated heterocycles. The smallest absolute Gasteiger partial charge is 0.413 e. The normalized spacial score (nSPS) is 8.60. The quantitative estimate of drug-likeness (QED) is 0.621. The molecule has 0 aliphatic carbocycles. The zero-order valence-electron chi connectivity index (χ0n) is 6.14. The molecule has 0 rings (SSSR count). The Morgan fingerprint density at radius 1 is 1.50 bits per heavy atom. The van der Waals surface area contributed by atoms with Gasteiger partial charge in [-0.15, -0.1) is 0 Å². The minimum atomic E-state index is -0.672. The van der Waals surface area contributed by atoms with Crippen LogP contribution in [0.3, 0.4) is 0 Å². The molecule has 10 heavy (non-hydrogen) atoms. The summed E-state index contributed by atoms with van der Waals surface area (Å²) in [5.74, 6) is -0.402. The van der Waals surface area contributed by atoms with Gasteiger partial charge in [0.2, 0.25) is 5.91 Å². The molecule has 0 aromatic heterocycles. The molecule has 0 saturated carbocycles. The minimum absolute atomic E-state index is 0.346. The van der Waals surface area contributed by atoms with E-state index in [0.29, 0.717) is 6.61 Å². The Kier molecular flexibility index (Phi) is 4.28. The number of carbonyl (C=O) groups is 2. The van der Waals surface area contributed by atoms with Gasteiger partial charge in [0.05, 0.1) is 6.61 Å². The highest BCUT2D eigenvalue weighted by Gasteiger charge is 2.01. The summed E-state index contributed by atoms with van der Waals surface area (Å²) in [4.78, 5) is 20.7. The first-order valence-corrected chi connectivity index (χ1v) is 3.11. The molecule has 0 atom stereocenters. The van der Waals surface area contributed by atoms with Crippen molar-refractivity contribution in [3.05, 3.63) is 0 Å².